The number of aliphatic carboxylic acids is 1. The molecule has 1 saturated carbocycles. The number of rotatable bonds is 7. The number of hydrogen-bond acceptors (Lipinski definition) is 3. The van der Waals surface area contributed by atoms with Gasteiger partial charge in [0.1, 0.15) is 6.04 Å². The van der Waals surface area contributed by atoms with E-state index in [0.717, 1.165) is 12.5 Å². The molecular formula is C10H19NO3. The Morgan fingerprint density at radius 3 is 2.79 bits per heavy atom. The Hall–Kier alpha value is -0.610. The van der Waals surface area contributed by atoms with Gasteiger partial charge in [0.2, 0.25) is 0 Å². The molecule has 1 fully saturated rings. The largest absolute Gasteiger partial charge is 0.480 e. The molecule has 1 aliphatic carbocycles. The summed E-state index contributed by atoms with van der Waals surface area (Å²) in [6.07, 6.45) is 2.59. The zero-order valence-corrected chi connectivity index (χ0v) is 8.90. The van der Waals surface area contributed by atoms with Crippen LogP contribution < -0.4 is 0 Å². The third kappa shape index (κ3) is 4.07. The lowest BCUT2D eigenvalue weighted by molar-refractivity contribution is -0.142. The molecule has 0 aliphatic heterocycles. The molecule has 0 spiro atoms. The minimum atomic E-state index is -0.783. The number of nitrogens with zero attached hydrogens (tertiary/aromatic N) is 1. The molecule has 1 aliphatic rings. The molecule has 0 saturated heterocycles. The quantitative estimate of drug-likeness (QED) is 0.619. The lowest BCUT2D eigenvalue weighted by Crippen LogP contribution is -2.37. The van der Waals surface area contributed by atoms with E-state index >= 15 is 0 Å². The molecule has 0 heterocycles. The molecular weight excluding hydrogens is 182 g/mol. The van der Waals surface area contributed by atoms with E-state index in [4.69, 9.17) is 9.84 Å². The first-order valence-electron chi connectivity index (χ1n) is 5.12. The topological polar surface area (TPSA) is 49.8 Å². The number of ether oxygens (including phenoxy) is 1. The number of carboxylic acids is 1. The third-order valence-corrected chi connectivity index (χ3v) is 2.66. The third-order valence-electron chi connectivity index (χ3n) is 2.66. The minimum Gasteiger partial charge on any atom is -0.480 e. The summed E-state index contributed by atoms with van der Waals surface area (Å²) in [7, 11) is 1.80. The second-order valence-electron chi connectivity index (χ2n) is 4.01. The number of hydrogen-bond donors (Lipinski definition) is 1. The lowest BCUT2D eigenvalue weighted by Gasteiger charge is -2.20. The first-order chi connectivity index (χ1) is 6.61. The van der Waals surface area contributed by atoms with Gasteiger partial charge in [-0.1, -0.05) is 0 Å². The Morgan fingerprint density at radius 1 is 1.64 bits per heavy atom. The summed E-state index contributed by atoms with van der Waals surface area (Å²) in [6, 6.07) is -0.431. The summed E-state index contributed by atoms with van der Waals surface area (Å²) in [5.74, 6) is -0.00750. The van der Waals surface area contributed by atoms with E-state index < -0.39 is 12.0 Å². The first kappa shape index (κ1) is 11.5. The number of carbonyl (C=O) groups is 1. The van der Waals surface area contributed by atoms with Crippen LogP contribution in [0.25, 0.3) is 0 Å². The summed E-state index contributed by atoms with van der Waals surface area (Å²) < 4.78 is 5.42. The smallest absolute Gasteiger partial charge is 0.320 e. The average molecular weight is 201 g/mol. The van der Waals surface area contributed by atoms with Gasteiger partial charge in [0.05, 0.1) is 6.61 Å². The summed E-state index contributed by atoms with van der Waals surface area (Å²) in [4.78, 5) is 12.4. The second kappa shape index (κ2) is 5.32. The van der Waals surface area contributed by atoms with E-state index in [2.05, 4.69) is 0 Å². The Kier molecular flexibility index (Phi) is 4.35. The van der Waals surface area contributed by atoms with Gasteiger partial charge in [-0.2, -0.15) is 0 Å². The fraction of sp³-hybridized carbons (Fsp3) is 0.900. The van der Waals surface area contributed by atoms with Crippen molar-refractivity contribution < 1.29 is 14.6 Å². The van der Waals surface area contributed by atoms with Crippen molar-refractivity contribution in [2.45, 2.75) is 25.8 Å². The van der Waals surface area contributed by atoms with Crippen LogP contribution in [-0.4, -0.2) is 48.8 Å². The van der Waals surface area contributed by atoms with Gasteiger partial charge in [-0.3, -0.25) is 9.69 Å². The average Bonchev–Trinajstić information content (AvgIpc) is 2.94. The second-order valence-corrected chi connectivity index (χ2v) is 4.01. The van der Waals surface area contributed by atoms with E-state index in [0.29, 0.717) is 13.2 Å². The van der Waals surface area contributed by atoms with Crippen molar-refractivity contribution in [3.05, 3.63) is 0 Å². The molecule has 0 unspecified atom stereocenters. The van der Waals surface area contributed by atoms with Crippen LogP contribution in [0.1, 0.15) is 19.8 Å². The maximum atomic E-state index is 10.6. The van der Waals surface area contributed by atoms with Crippen LogP contribution >= 0.6 is 0 Å². The molecule has 0 bridgehead atoms. The molecule has 14 heavy (non-hydrogen) atoms. The molecule has 1 N–H and O–H groups in total. The van der Waals surface area contributed by atoms with Crippen LogP contribution in [-0.2, 0) is 9.53 Å². The maximum absolute atomic E-state index is 10.6. The molecule has 1 rings (SSSR count). The Balaban J connectivity index is 2.00. The molecule has 0 radical (unpaired) electrons. The van der Waals surface area contributed by atoms with Crippen LogP contribution in [0, 0.1) is 5.92 Å². The summed E-state index contributed by atoms with van der Waals surface area (Å²) in [6.45, 7) is 3.84. The van der Waals surface area contributed by atoms with Crippen LogP contribution in [0.15, 0.2) is 0 Å². The molecule has 82 valence electrons. The van der Waals surface area contributed by atoms with Crippen LogP contribution in [0.4, 0.5) is 0 Å². The predicted molar refractivity (Wildman–Crippen MR) is 53.3 cm³/mol. The van der Waals surface area contributed by atoms with Crippen LogP contribution in [0.2, 0.25) is 0 Å². The number of likely N-dealkylation sites (N-methyl/N-ethyl adjacent to an activating group) is 1. The van der Waals surface area contributed by atoms with Crippen molar-refractivity contribution in [2.75, 3.05) is 26.8 Å². The van der Waals surface area contributed by atoms with E-state index in [1.807, 2.05) is 0 Å². The monoisotopic (exact) mass is 201 g/mol. The van der Waals surface area contributed by atoms with Gasteiger partial charge < -0.3 is 9.84 Å². The van der Waals surface area contributed by atoms with Crippen molar-refractivity contribution in [1.29, 1.82) is 0 Å². The fourth-order valence-corrected chi connectivity index (χ4v) is 1.13. The highest BCUT2D eigenvalue weighted by Gasteiger charge is 2.21. The zero-order chi connectivity index (χ0) is 10.6. The summed E-state index contributed by atoms with van der Waals surface area (Å²) in [5.41, 5.74) is 0. The minimum absolute atomic E-state index is 0.431. The SMILES string of the molecule is C[C@@H](C(=O)O)N(C)CCOCC1CC1. The normalized spacial score (nSPS) is 18.5. The first-order valence-corrected chi connectivity index (χ1v) is 5.12. The van der Waals surface area contributed by atoms with Gasteiger partial charge in [0.25, 0.3) is 0 Å². The van der Waals surface area contributed by atoms with Gasteiger partial charge in [0, 0.05) is 13.2 Å². The molecule has 0 aromatic rings. The van der Waals surface area contributed by atoms with Gasteiger partial charge in [-0.15, -0.1) is 0 Å². The van der Waals surface area contributed by atoms with E-state index in [1.165, 1.54) is 12.8 Å². The standard InChI is InChI=1S/C10H19NO3/c1-8(10(12)13)11(2)5-6-14-7-9-3-4-9/h8-9H,3-7H2,1-2H3,(H,12,13)/t8-/m0/s1. The van der Waals surface area contributed by atoms with Gasteiger partial charge >= 0.3 is 5.97 Å². The molecule has 0 aromatic heterocycles. The van der Waals surface area contributed by atoms with Gasteiger partial charge in [0.15, 0.2) is 0 Å². The van der Waals surface area contributed by atoms with Crippen molar-refractivity contribution in [2.24, 2.45) is 5.92 Å². The molecule has 0 amide bonds. The van der Waals surface area contributed by atoms with E-state index in [-0.39, 0.29) is 0 Å². The Morgan fingerprint density at radius 2 is 2.29 bits per heavy atom. The van der Waals surface area contributed by atoms with Crippen molar-refractivity contribution >= 4 is 5.97 Å². The highest BCUT2D eigenvalue weighted by molar-refractivity contribution is 5.72. The molecule has 4 heteroatoms. The number of carboxylic acid groups (broad SMARTS) is 1. The lowest BCUT2D eigenvalue weighted by atomic mass is 10.3. The zero-order valence-electron chi connectivity index (χ0n) is 8.90. The van der Waals surface area contributed by atoms with Crippen LogP contribution in [0.5, 0.6) is 0 Å². The molecule has 4 nitrogen and oxygen atoms in total. The van der Waals surface area contributed by atoms with Gasteiger partial charge in [-0.25, -0.2) is 0 Å². The molecule has 0 aromatic carbocycles. The van der Waals surface area contributed by atoms with Crippen molar-refractivity contribution in [3.63, 3.8) is 0 Å². The highest BCUT2D eigenvalue weighted by atomic mass is 16.5. The Labute approximate surface area is 84.8 Å². The maximum Gasteiger partial charge on any atom is 0.320 e. The van der Waals surface area contributed by atoms with Gasteiger partial charge in [-0.05, 0) is 32.7 Å². The Bertz CT molecular complexity index is 192. The van der Waals surface area contributed by atoms with Crippen LogP contribution in [0.3, 0.4) is 0 Å². The predicted octanol–water partition coefficient (Wildman–Crippen LogP) is 0.818. The molecule has 1 atom stereocenters. The summed E-state index contributed by atoms with van der Waals surface area (Å²) in [5, 5.41) is 8.72. The van der Waals surface area contributed by atoms with Crippen molar-refractivity contribution in [1.82, 2.24) is 4.90 Å². The highest BCUT2D eigenvalue weighted by Crippen LogP contribution is 2.28. The summed E-state index contributed by atoms with van der Waals surface area (Å²) >= 11 is 0. The fourth-order valence-electron chi connectivity index (χ4n) is 1.13. The van der Waals surface area contributed by atoms with Crippen molar-refractivity contribution in [3.8, 4) is 0 Å². The van der Waals surface area contributed by atoms with E-state index in [9.17, 15) is 4.79 Å². The van der Waals surface area contributed by atoms with E-state index in [1.54, 1.807) is 18.9 Å².